The number of alkyl halides is 3. The van der Waals surface area contributed by atoms with Crippen LogP contribution in [0.5, 0.6) is 0 Å². The number of hydrogen-bond acceptors (Lipinski definition) is 6. The average Bonchev–Trinajstić information content (AvgIpc) is 3.18. The molecular formula is C26H33F3O6. The molecule has 9 heteroatoms. The number of benzene rings is 1. The quantitative estimate of drug-likeness (QED) is 0.254. The lowest BCUT2D eigenvalue weighted by molar-refractivity contribution is -0.148. The van der Waals surface area contributed by atoms with E-state index in [1.165, 1.54) is 20.1 Å². The third-order valence-electron chi connectivity index (χ3n) is 5.73. The number of esters is 2. The molecule has 1 fully saturated rings. The van der Waals surface area contributed by atoms with Crippen LogP contribution in [0, 0.1) is 5.92 Å². The summed E-state index contributed by atoms with van der Waals surface area (Å²) in [6, 6.07) is 5.07. The van der Waals surface area contributed by atoms with E-state index in [4.69, 9.17) is 9.47 Å². The normalized spacial score (nSPS) is 21.5. The summed E-state index contributed by atoms with van der Waals surface area (Å²) in [5, 5.41) is 10.3. The number of methoxy groups -OCH3 is 1. The van der Waals surface area contributed by atoms with Gasteiger partial charge in [0, 0.05) is 19.3 Å². The highest BCUT2D eigenvalue weighted by Gasteiger charge is 2.37. The van der Waals surface area contributed by atoms with Gasteiger partial charge in [0.05, 0.1) is 31.5 Å². The van der Waals surface area contributed by atoms with Gasteiger partial charge >= 0.3 is 18.1 Å². The van der Waals surface area contributed by atoms with Crippen LogP contribution >= 0.6 is 0 Å². The van der Waals surface area contributed by atoms with Gasteiger partial charge < -0.3 is 19.3 Å². The highest BCUT2D eigenvalue weighted by Crippen LogP contribution is 2.30. The summed E-state index contributed by atoms with van der Waals surface area (Å²) < 4.78 is 54.4. The number of unbranched alkanes of at least 4 members (excludes halogenated alkanes) is 1. The number of aliphatic hydroxyl groups is 1. The van der Waals surface area contributed by atoms with Crippen molar-refractivity contribution in [3.8, 4) is 0 Å². The van der Waals surface area contributed by atoms with Crippen LogP contribution in [0.1, 0.15) is 50.2 Å². The third-order valence-corrected chi connectivity index (χ3v) is 5.73. The minimum absolute atomic E-state index is 0.150. The van der Waals surface area contributed by atoms with Crippen molar-refractivity contribution in [2.45, 2.75) is 69.9 Å². The molecule has 2 rings (SSSR count). The van der Waals surface area contributed by atoms with Crippen molar-refractivity contribution < 1.29 is 42.1 Å². The summed E-state index contributed by atoms with van der Waals surface area (Å²) >= 11 is 0. The molecule has 6 nitrogen and oxygen atoms in total. The molecule has 0 saturated carbocycles. The number of aryl methyl sites for hydroxylation is 1. The van der Waals surface area contributed by atoms with Crippen LogP contribution in [0.4, 0.5) is 13.2 Å². The van der Waals surface area contributed by atoms with Gasteiger partial charge in [-0.25, -0.2) is 0 Å². The highest BCUT2D eigenvalue weighted by molar-refractivity contribution is 5.69. The number of carbonyl (C=O) groups excluding carboxylic acids is 2. The van der Waals surface area contributed by atoms with Gasteiger partial charge in [-0.3, -0.25) is 9.59 Å². The number of ether oxygens (including phenoxy) is 3. The van der Waals surface area contributed by atoms with Gasteiger partial charge in [0.1, 0.15) is 6.10 Å². The zero-order valence-electron chi connectivity index (χ0n) is 20.0. The van der Waals surface area contributed by atoms with Gasteiger partial charge in [0.15, 0.2) is 0 Å². The zero-order valence-corrected chi connectivity index (χ0v) is 20.0. The first-order valence-corrected chi connectivity index (χ1v) is 11.6. The predicted molar refractivity (Wildman–Crippen MR) is 123 cm³/mol. The van der Waals surface area contributed by atoms with Crippen molar-refractivity contribution in [1.82, 2.24) is 0 Å². The van der Waals surface area contributed by atoms with Crippen molar-refractivity contribution in [3.05, 3.63) is 59.7 Å². The van der Waals surface area contributed by atoms with Crippen molar-refractivity contribution in [3.63, 3.8) is 0 Å². The Hall–Kier alpha value is -2.65. The monoisotopic (exact) mass is 498 g/mol. The predicted octanol–water partition coefficient (Wildman–Crippen LogP) is 4.79. The van der Waals surface area contributed by atoms with Crippen LogP contribution in [-0.4, -0.2) is 49.1 Å². The minimum Gasteiger partial charge on any atom is -0.469 e. The molecule has 1 aliphatic rings. The van der Waals surface area contributed by atoms with Gasteiger partial charge in [0.2, 0.25) is 0 Å². The van der Waals surface area contributed by atoms with E-state index in [0.29, 0.717) is 31.2 Å². The molecule has 1 aliphatic heterocycles. The Morgan fingerprint density at radius 2 is 2.06 bits per heavy atom. The molecule has 1 aromatic carbocycles. The summed E-state index contributed by atoms with van der Waals surface area (Å²) in [5.41, 5.74) is -0.216. The maximum Gasteiger partial charge on any atom is 0.416 e. The molecular weight excluding hydrogens is 465 g/mol. The largest absolute Gasteiger partial charge is 0.469 e. The van der Waals surface area contributed by atoms with Crippen LogP contribution in [0.2, 0.25) is 0 Å². The second kappa shape index (κ2) is 14.0. The highest BCUT2D eigenvalue weighted by atomic mass is 19.4. The SMILES string of the molecule is COC(=O)CCCC=CC[C@H]1[C@@H](OC(C)=O)CO[C@@H]1C=C[C@@H](O)CCc1cccc(C(F)(F)F)c1. The molecule has 0 aromatic heterocycles. The Morgan fingerprint density at radius 1 is 1.29 bits per heavy atom. The Morgan fingerprint density at radius 3 is 2.74 bits per heavy atom. The van der Waals surface area contributed by atoms with Crippen molar-refractivity contribution in [1.29, 1.82) is 0 Å². The van der Waals surface area contributed by atoms with E-state index < -0.39 is 29.9 Å². The Bertz CT molecular complexity index is 880. The minimum atomic E-state index is -4.41. The fraction of sp³-hybridized carbons (Fsp3) is 0.538. The summed E-state index contributed by atoms with van der Waals surface area (Å²) in [6.07, 6.45) is 3.94. The lowest BCUT2D eigenvalue weighted by Gasteiger charge is -2.19. The van der Waals surface area contributed by atoms with Crippen molar-refractivity contribution in [2.75, 3.05) is 13.7 Å². The Balaban J connectivity index is 1.91. The number of rotatable bonds is 12. The number of allylic oxidation sites excluding steroid dienone is 2. The molecule has 1 heterocycles. The van der Waals surface area contributed by atoms with E-state index in [1.54, 1.807) is 18.2 Å². The maximum atomic E-state index is 12.9. The first-order chi connectivity index (χ1) is 16.6. The molecule has 0 radical (unpaired) electrons. The lowest BCUT2D eigenvalue weighted by Crippen LogP contribution is -2.27. The molecule has 1 N–H and O–H groups in total. The molecule has 1 saturated heterocycles. The van der Waals surface area contributed by atoms with Crippen LogP contribution < -0.4 is 0 Å². The lowest BCUT2D eigenvalue weighted by atomic mass is 9.93. The molecule has 194 valence electrons. The Kier molecular flexibility index (Phi) is 11.5. The number of halogens is 3. The molecule has 0 unspecified atom stereocenters. The molecule has 0 spiro atoms. The first kappa shape index (κ1) is 28.6. The van der Waals surface area contributed by atoms with Gasteiger partial charge in [-0.2, -0.15) is 13.2 Å². The van der Waals surface area contributed by atoms with Gasteiger partial charge in [-0.15, -0.1) is 0 Å². The number of aliphatic hydroxyl groups excluding tert-OH is 1. The summed E-state index contributed by atoms with van der Waals surface area (Å²) in [4.78, 5) is 22.6. The molecule has 35 heavy (non-hydrogen) atoms. The van der Waals surface area contributed by atoms with Gasteiger partial charge in [0.25, 0.3) is 0 Å². The van der Waals surface area contributed by atoms with Crippen LogP contribution in [-0.2, 0) is 36.4 Å². The average molecular weight is 499 g/mol. The molecule has 0 amide bonds. The standard InChI is InChI=1S/C26H33F3O6/c1-18(30)35-24-17-34-23(22(24)10-5-3-4-6-11-25(32)33-2)15-14-21(31)13-12-19-8-7-9-20(16-19)26(27,28)29/h3,5,7-9,14-16,21-24,31H,4,6,10-13,17H2,1-2H3/t21-,22+,23+,24-/m0/s1. The second-order valence-electron chi connectivity index (χ2n) is 8.47. The van der Waals surface area contributed by atoms with Crippen LogP contribution in [0.25, 0.3) is 0 Å². The van der Waals surface area contributed by atoms with E-state index in [2.05, 4.69) is 4.74 Å². The second-order valence-corrected chi connectivity index (χ2v) is 8.47. The summed E-state index contributed by atoms with van der Waals surface area (Å²) in [6.45, 7) is 1.57. The van der Waals surface area contributed by atoms with E-state index in [-0.39, 0.29) is 37.4 Å². The van der Waals surface area contributed by atoms with Gasteiger partial charge in [-0.05, 0) is 43.7 Å². The van der Waals surface area contributed by atoms with Gasteiger partial charge in [-0.1, -0.05) is 42.5 Å². The van der Waals surface area contributed by atoms with Crippen LogP contribution in [0.3, 0.4) is 0 Å². The topological polar surface area (TPSA) is 82.1 Å². The Labute approximate surface area is 203 Å². The third kappa shape index (κ3) is 10.2. The number of carbonyl (C=O) groups is 2. The zero-order chi connectivity index (χ0) is 25.8. The van der Waals surface area contributed by atoms with E-state index in [9.17, 15) is 27.9 Å². The fourth-order valence-electron chi connectivity index (χ4n) is 3.87. The molecule has 4 atom stereocenters. The first-order valence-electron chi connectivity index (χ1n) is 11.6. The van der Waals surface area contributed by atoms with E-state index >= 15 is 0 Å². The van der Waals surface area contributed by atoms with Crippen LogP contribution in [0.15, 0.2) is 48.6 Å². The molecule has 0 aliphatic carbocycles. The smallest absolute Gasteiger partial charge is 0.416 e. The molecule has 0 bridgehead atoms. The summed E-state index contributed by atoms with van der Waals surface area (Å²) in [5.74, 6) is -0.812. The van der Waals surface area contributed by atoms with Crippen molar-refractivity contribution >= 4 is 11.9 Å². The van der Waals surface area contributed by atoms with Crippen molar-refractivity contribution in [2.24, 2.45) is 5.92 Å². The fourth-order valence-corrected chi connectivity index (χ4v) is 3.87. The van der Waals surface area contributed by atoms with E-state index in [0.717, 1.165) is 12.1 Å². The molecule has 1 aromatic rings. The van der Waals surface area contributed by atoms with E-state index in [1.807, 2.05) is 12.2 Å². The maximum absolute atomic E-state index is 12.9. The number of hydrogen-bond donors (Lipinski definition) is 1. The summed E-state index contributed by atoms with van der Waals surface area (Å²) in [7, 11) is 1.35.